The minimum atomic E-state index is -4.53. The quantitative estimate of drug-likeness (QED) is 0.776. The minimum Gasteiger partial charge on any atom is -0.301 e. The molecule has 0 spiro atoms. The number of aromatic nitrogens is 4. The van der Waals surface area contributed by atoms with E-state index in [1.165, 1.54) is 28.9 Å². The topological polar surface area (TPSA) is 88.5 Å². The van der Waals surface area contributed by atoms with Gasteiger partial charge in [-0.25, -0.2) is 4.98 Å². The van der Waals surface area contributed by atoms with E-state index in [0.717, 1.165) is 10.3 Å². The molecule has 134 valence electrons. The van der Waals surface area contributed by atoms with Crippen LogP contribution in [0, 0.1) is 18.3 Å². The molecule has 2 heterocycles. The summed E-state index contributed by atoms with van der Waals surface area (Å²) in [6.07, 6.45) is -4.53. The first-order chi connectivity index (χ1) is 12.2. The number of carbonyl (C=O) groups excluding carboxylic acids is 1. The fourth-order valence-corrected chi connectivity index (χ4v) is 2.46. The maximum absolute atomic E-state index is 13.0. The van der Waals surface area contributed by atoms with E-state index in [4.69, 9.17) is 5.26 Å². The molecule has 0 saturated carbocycles. The summed E-state index contributed by atoms with van der Waals surface area (Å²) in [4.78, 5) is 16.4. The van der Waals surface area contributed by atoms with Gasteiger partial charge in [0.2, 0.25) is 5.95 Å². The largest absolute Gasteiger partial charge is 0.406 e. The van der Waals surface area contributed by atoms with Crippen molar-refractivity contribution in [2.75, 3.05) is 5.32 Å². The summed E-state index contributed by atoms with van der Waals surface area (Å²) in [5.74, 6) is -0.936. The Morgan fingerprint density at radius 1 is 1.35 bits per heavy atom. The average Bonchev–Trinajstić information content (AvgIpc) is 3.06. The zero-order valence-corrected chi connectivity index (χ0v) is 13.8. The summed E-state index contributed by atoms with van der Waals surface area (Å²) >= 11 is 0. The Kier molecular flexibility index (Phi) is 4.15. The molecular weight excluding hydrogens is 349 g/mol. The first-order valence-corrected chi connectivity index (χ1v) is 7.47. The van der Waals surface area contributed by atoms with Crippen molar-refractivity contribution in [2.45, 2.75) is 19.6 Å². The van der Waals surface area contributed by atoms with Crippen LogP contribution in [0.4, 0.5) is 19.1 Å². The first kappa shape index (κ1) is 17.5. The predicted octanol–water partition coefficient (Wildman–Crippen LogP) is 2.76. The number of alkyl halides is 3. The van der Waals surface area contributed by atoms with E-state index in [9.17, 15) is 18.0 Å². The highest BCUT2D eigenvalue weighted by Gasteiger charge is 2.31. The number of amides is 1. The fraction of sp³-hybridized carbons (Fsp3) is 0.250. The van der Waals surface area contributed by atoms with Crippen molar-refractivity contribution < 1.29 is 18.0 Å². The molecule has 0 saturated heterocycles. The molecular formula is C16H13F3N6O. The average molecular weight is 362 g/mol. The summed E-state index contributed by atoms with van der Waals surface area (Å²) in [6, 6.07) is 7.56. The van der Waals surface area contributed by atoms with Crippen LogP contribution >= 0.6 is 0 Å². The maximum Gasteiger partial charge on any atom is 0.406 e. The number of nitrogens with zero attached hydrogens (tertiary/aromatic N) is 5. The van der Waals surface area contributed by atoms with Crippen molar-refractivity contribution in [3.63, 3.8) is 0 Å². The third-order valence-electron chi connectivity index (χ3n) is 3.79. The zero-order valence-electron chi connectivity index (χ0n) is 13.8. The van der Waals surface area contributed by atoms with Crippen LogP contribution in [0.1, 0.15) is 21.7 Å². The smallest absolute Gasteiger partial charge is 0.301 e. The molecule has 0 unspecified atom stereocenters. The van der Waals surface area contributed by atoms with Crippen LogP contribution < -0.4 is 5.32 Å². The fourth-order valence-electron chi connectivity index (χ4n) is 2.46. The normalized spacial score (nSPS) is 11.5. The van der Waals surface area contributed by atoms with Crippen LogP contribution in [0.15, 0.2) is 24.3 Å². The number of halogens is 3. The monoisotopic (exact) mass is 362 g/mol. The van der Waals surface area contributed by atoms with Crippen molar-refractivity contribution in [1.82, 2.24) is 19.3 Å². The molecule has 0 bridgehead atoms. The molecule has 7 nitrogen and oxygen atoms in total. The van der Waals surface area contributed by atoms with Gasteiger partial charge in [0.05, 0.1) is 22.7 Å². The molecule has 3 rings (SSSR count). The van der Waals surface area contributed by atoms with Crippen LogP contribution in [0.3, 0.4) is 0 Å². The van der Waals surface area contributed by atoms with E-state index in [-0.39, 0.29) is 28.2 Å². The number of aryl methyl sites for hydroxylation is 2. The Hall–Kier alpha value is -3.35. The second kappa shape index (κ2) is 6.18. The van der Waals surface area contributed by atoms with Crippen LogP contribution in [-0.4, -0.2) is 31.4 Å². The van der Waals surface area contributed by atoms with E-state index < -0.39 is 18.6 Å². The van der Waals surface area contributed by atoms with Gasteiger partial charge in [-0.05, 0) is 31.2 Å². The zero-order chi connectivity index (χ0) is 19.1. The minimum absolute atomic E-state index is 0.0633. The Morgan fingerprint density at radius 2 is 2.08 bits per heavy atom. The van der Waals surface area contributed by atoms with Crippen molar-refractivity contribution in [2.24, 2.45) is 7.05 Å². The van der Waals surface area contributed by atoms with Gasteiger partial charge in [0, 0.05) is 12.7 Å². The molecule has 1 N–H and O–H groups in total. The number of imidazole rings is 1. The Morgan fingerprint density at radius 3 is 2.65 bits per heavy atom. The number of rotatable bonds is 3. The molecule has 0 aliphatic heterocycles. The first-order valence-electron chi connectivity index (χ1n) is 7.47. The lowest BCUT2D eigenvalue weighted by molar-refractivity contribution is -0.139. The highest BCUT2D eigenvalue weighted by Crippen LogP contribution is 2.27. The second-order valence-corrected chi connectivity index (χ2v) is 5.70. The summed E-state index contributed by atoms with van der Waals surface area (Å²) in [7, 11) is 1.65. The summed E-state index contributed by atoms with van der Waals surface area (Å²) in [5, 5.41) is 15.3. The number of hydrogen-bond donors (Lipinski definition) is 1. The number of carbonyl (C=O) groups is 1. The summed E-state index contributed by atoms with van der Waals surface area (Å²) < 4.78 is 41.3. The third kappa shape index (κ3) is 3.37. The van der Waals surface area contributed by atoms with Gasteiger partial charge < -0.3 is 4.57 Å². The third-order valence-corrected chi connectivity index (χ3v) is 3.79. The lowest BCUT2D eigenvalue weighted by Gasteiger charge is -2.12. The van der Waals surface area contributed by atoms with Gasteiger partial charge in [-0.3, -0.25) is 14.8 Å². The number of anilines is 1. The lowest BCUT2D eigenvalue weighted by atomic mass is 10.2. The van der Waals surface area contributed by atoms with Crippen LogP contribution in [0.25, 0.3) is 11.0 Å². The Bertz CT molecular complexity index is 1020. The Labute approximate surface area is 145 Å². The highest BCUT2D eigenvalue weighted by atomic mass is 19.4. The maximum atomic E-state index is 13.0. The molecule has 0 aliphatic carbocycles. The van der Waals surface area contributed by atoms with E-state index >= 15 is 0 Å². The SMILES string of the molecule is Cc1cc(C(=O)Nc2nc3ccc(C#N)cc3n2CC(F)(F)F)nn1C. The number of hydrogen-bond acceptors (Lipinski definition) is 4. The van der Waals surface area contributed by atoms with Gasteiger partial charge in [-0.15, -0.1) is 0 Å². The van der Waals surface area contributed by atoms with E-state index in [0.29, 0.717) is 0 Å². The van der Waals surface area contributed by atoms with E-state index in [1.54, 1.807) is 14.0 Å². The molecule has 10 heteroatoms. The number of nitriles is 1. The second-order valence-electron chi connectivity index (χ2n) is 5.70. The molecule has 3 aromatic rings. The molecule has 0 aliphatic rings. The number of fused-ring (bicyclic) bond motifs is 1. The molecule has 2 aromatic heterocycles. The van der Waals surface area contributed by atoms with Crippen molar-refractivity contribution in [3.05, 3.63) is 41.2 Å². The van der Waals surface area contributed by atoms with Gasteiger partial charge in [0.1, 0.15) is 6.54 Å². The van der Waals surface area contributed by atoms with Gasteiger partial charge >= 0.3 is 6.18 Å². The molecule has 0 atom stereocenters. The van der Waals surface area contributed by atoms with Crippen LogP contribution in [-0.2, 0) is 13.6 Å². The van der Waals surface area contributed by atoms with Crippen molar-refractivity contribution in [3.8, 4) is 6.07 Å². The van der Waals surface area contributed by atoms with E-state index in [1.807, 2.05) is 6.07 Å². The number of benzene rings is 1. The van der Waals surface area contributed by atoms with Crippen LogP contribution in [0.5, 0.6) is 0 Å². The summed E-state index contributed by atoms with van der Waals surface area (Å²) in [5.41, 5.74) is 1.32. The van der Waals surface area contributed by atoms with Gasteiger partial charge in [-0.1, -0.05) is 0 Å². The lowest BCUT2D eigenvalue weighted by Crippen LogP contribution is -2.22. The van der Waals surface area contributed by atoms with E-state index in [2.05, 4.69) is 15.4 Å². The van der Waals surface area contributed by atoms with Crippen LogP contribution in [0.2, 0.25) is 0 Å². The summed E-state index contributed by atoms with van der Waals surface area (Å²) in [6.45, 7) is 0.390. The van der Waals surface area contributed by atoms with Gasteiger partial charge in [0.25, 0.3) is 5.91 Å². The van der Waals surface area contributed by atoms with Crippen molar-refractivity contribution >= 4 is 22.9 Å². The highest BCUT2D eigenvalue weighted by molar-refractivity contribution is 6.02. The Balaban J connectivity index is 2.05. The molecule has 0 radical (unpaired) electrons. The van der Waals surface area contributed by atoms with Crippen molar-refractivity contribution in [1.29, 1.82) is 5.26 Å². The van der Waals surface area contributed by atoms with Gasteiger partial charge in [0.15, 0.2) is 5.69 Å². The standard InChI is InChI=1S/C16H13F3N6O/c1-9-5-12(23-24(9)2)14(26)22-15-21-11-4-3-10(7-20)6-13(11)25(15)8-16(17,18)19/h3-6H,8H2,1-2H3,(H,21,22,26). The molecule has 1 aromatic carbocycles. The predicted molar refractivity (Wildman–Crippen MR) is 86.4 cm³/mol. The molecule has 1 amide bonds. The molecule has 26 heavy (non-hydrogen) atoms. The molecule has 0 fully saturated rings. The van der Waals surface area contributed by atoms with Gasteiger partial charge in [-0.2, -0.15) is 23.5 Å². The number of nitrogens with one attached hydrogen (secondary N) is 1.